The molecule has 1 N–H and O–H groups in total. The number of nitrogens with zero attached hydrogens (tertiary/aromatic N) is 3. The summed E-state index contributed by atoms with van der Waals surface area (Å²) < 4.78 is 43.4. The standard InChI is InChI=1S/C21H21F3N4S/c1-5-14-13-27(3)26-20(14)18-12-17(29-25-2)10-11-19(18)28(4)16-8-6-15(7-9-16)21(22,23)24/h5-13,25H,1H2,2-4H3. The van der Waals surface area contributed by atoms with Gasteiger partial charge in [-0.1, -0.05) is 12.7 Å². The normalized spacial score (nSPS) is 11.5. The van der Waals surface area contributed by atoms with Crippen molar-refractivity contribution in [2.75, 3.05) is 19.0 Å². The van der Waals surface area contributed by atoms with Crippen LogP contribution in [0.4, 0.5) is 24.5 Å². The van der Waals surface area contributed by atoms with Gasteiger partial charge in [-0.3, -0.25) is 9.40 Å². The molecular weight excluding hydrogens is 397 g/mol. The number of alkyl halides is 3. The van der Waals surface area contributed by atoms with Gasteiger partial charge >= 0.3 is 6.18 Å². The summed E-state index contributed by atoms with van der Waals surface area (Å²) in [6.07, 6.45) is -0.745. The van der Waals surface area contributed by atoms with E-state index in [-0.39, 0.29) is 0 Å². The fourth-order valence-corrected chi connectivity index (χ4v) is 3.61. The Morgan fingerprint density at radius 2 is 1.86 bits per heavy atom. The molecule has 0 bridgehead atoms. The monoisotopic (exact) mass is 418 g/mol. The number of nitrogens with one attached hydrogen (secondary N) is 1. The van der Waals surface area contributed by atoms with Crippen molar-refractivity contribution in [3.63, 3.8) is 0 Å². The van der Waals surface area contributed by atoms with Gasteiger partial charge in [0, 0.05) is 42.0 Å². The zero-order valence-electron chi connectivity index (χ0n) is 16.3. The SMILES string of the molecule is C=Cc1cn(C)nc1-c1cc(SNC)ccc1N(C)c1ccc(C(F)(F)F)cc1. The summed E-state index contributed by atoms with van der Waals surface area (Å²) in [6.45, 7) is 3.86. The second-order valence-electron chi connectivity index (χ2n) is 6.40. The first-order valence-electron chi connectivity index (χ1n) is 8.79. The zero-order chi connectivity index (χ0) is 21.2. The van der Waals surface area contributed by atoms with Crippen LogP contribution in [0.25, 0.3) is 17.3 Å². The minimum Gasteiger partial charge on any atom is -0.344 e. The lowest BCUT2D eigenvalue weighted by atomic mass is 10.0. The van der Waals surface area contributed by atoms with Crippen LogP contribution in [0.3, 0.4) is 0 Å². The number of benzene rings is 2. The molecule has 0 aliphatic rings. The molecular formula is C21H21F3N4S. The van der Waals surface area contributed by atoms with E-state index in [1.54, 1.807) is 10.8 Å². The highest BCUT2D eigenvalue weighted by atomic mass is 32.2. The van der Waals surface area contributed by atoms with Crippen molar-refractivity contribution in [3.05, 3.63) is 66.4 Å². The first kappa shape index (κ1) is 21.0. The van der Waals surface area contributed by atoms with E-state index in [1.165, 1.54) is 24.1 Å². The number of rotatable bonds is 6. The Kier molecular flexibility index (Phi) is 6.04. The smallest absolute Gasteiger partial charge is 0.344 e. The van der Waals surface area contributed by atoms with Gasteiger partial charge < -0.3 is 4.90 Å². The first-order chi connectivity index (χ1) is 13.7. The van der Waals surface area contributed by atoms with Gasteiger partial charge in [0.1, 0.15) is 5.69 Å². The van der Waals surface area contributed by atoms with Crippen molar-refractivity contribution in [3.8, 4) is 11.3 Å². The molecule has 2 aromatic carbocycles. The molecule has 3 rings (SSSR count). The lowest BCUT2D eigenvalue weighted by Crippen LogP contribution is -2.12. The Labute approximate surface area is 172 Å². The summed E-state index contributed by atoms with van der Waals surface area (Å²) in [7, 11) is 5.49. The van der Waals surface area contributed by atoms with Crippen LogP contribution in [0.1, 0.15) is 11.1 Å². The van der Waals surface area contributed by atoms with Crippen molar-refractivity contribution < 1.29 is 13.2 Å². The molecule has 0 aliphatic heterocycles. The topological polar surface area (TPSA) is 33.1 Å². The minimum absolute atomic E-state index is 0.643. The summed E-state index contributed by atoms with van der Waals surface area (Å²) in [5.41, 5.74) is 3.30. The lowest BCUT2D eigenvalue weighted by molar-refractivity contribution is -0.137. The van der Waals surface area contributed by atoms with Crippen LogP contribution in [0.15, 0.2) is 60.1 Å². The van der Waals surface area contributed by atoms with Crippen molar-refractivity contribution in [1.29, 1.82) is 0 Å². The van der Waals surface area contributed by atoms with E-state index in [2.05, 4.69) is 16.4 Å². The molecule has 152 valence electrons. The fraction of sp³-hybridized carbons (Fsp3) is 0.190. The minimum atomic E-state index is -4.36. The number of aromatic nitrogens is 2. The van der Waals surface area contributed by atoms with Crippen LogP contribution in [0.2, 0.25) is 0 Å². The van der Waals surface area contributed by atoms with Crippen LogP contribution < -0.4 is 9.62 Å². The summed E-state index contributed by atoms with van der Waals surface area (Å²) in [5, 5.41) is 4.58. The van der Waals surface area contributed by atoms with Crippen LogP contribution in [-0.2, 0) is 13.2 Å². The number of aryl methyl sites for hydroxylation is 1. The second kappa shape index (κ2) is 8.34. The third-order valence-corrected chi connectivity index (χ3v) is 5.16. The van der Waals surface area contributed by atoms with Crippen molar-refractivity contribution >= 4 is 29.4 Å². The number of halogens is 3. The van der Waals surface area contributed by atoms with Crippen molar-refractivity contribution in [1.82, 2.24) is 14.5 Å². The third-order valence-electron chi connectivity index (χ3n) is 4.46. The van der Waals surface area contributed by atoms with Crippen molar-refractivity contribution in [2.24, 2.45) is 7.05 Å². The van der Waals surface area contributed by atoms with E-state index in [0.717, 1.165) is 39.5 Å². The van der Waals surface area contributed by atoms with Gasteiger partial charge in [0.15, 0.2) is 0 Å². The fourth-order valence-electron chi connectivity index (χ4n) is 3.06. The Balaban J connectivity index is 2.09. The van der Waals surface area contributed by atoms with Gasteiger partial charge in [0.2, 0.25) is 0 Å². The van der Waals surface area contributed by atoms with Crippen LogP contribution in [-0.4, -0.2) is 23.9 Å². The Bertz CT molecular complexity index is 1010. The molecule has 8 heteroatoms. The van der Waals surface area contributed by atoms with Gasteiger partial charge in [-0.25, -0.2) is 0 Å². The van der Waals surface area contributed by atoms with Gasteiger partial charge in [0.05, 0.1) is 11.3 Å². The predicted molar refractivity (Wildman–Crippen MR) is 113 cm³/mol. The van der Waals surface area contributed by atoms with Crippen LogP contribution in [0, 0.1) is 0 Å². The van der Waals surface area contributed by atoms with E-state index in [1.807, 2.05) is 50.4 Å². The van der Waals surface area contributed by atoms with Crippen molar-refractivity contribution in [2.45, 2.75) is 11.1 Å². The Morgan fingerprint density at radius 3 is 2.45 bits per heavy atom. The molecule has 0 saturated carbocycles. The quantitative estimate of drug-likeness (QED) is 0.517. The zero-order valence-corrected chi connectivity index (χ0v) is 17.1. The van der Waals surface area contributed by atoms with Gasteiger partial charge in [-0.05, 0) is 61.5 Å². The molecule has 0 aliphatic carbocycles. The molecule has 0 radical (unpaired) electrons. The highest BCUT2D eigenvalue weighted by Crippen LogP contribution is 2.38. The molecule has 0 saturated heterocycles. The van der Waals surface area contributed by atoms with Crippen LogP contribution >= 0.6 is 11.9 Å². The molecule has 0 fully saturated rings. The maximum atomic E-state index is 12.9. The van der Waals surface area contributed by atoms with E-state index < -0.39 is 11.7 Å². The van der Waals surface area contributed by atoms with E-state index in [0.29, 0.717) is 5.69 Å². The average Bonchev–Trinajstić information content (AvgIpc) is 3.08. The highest BCUT2D eigenvalue weighted by Gasteiger charge is 2.30. The largest absolute Gasteiger partial charge is 0.416 e. The molecule has 1 aromatic heterocycles. The first-order valence-corrected chi connectivity index (χ1v) is 9.61. The van der Waals surface area contributed by atoms with Gasteiger partial charge in [0.25, 0.3) is 0 Å². The summed E-state index contributed by atoms with van der Waals surface area (Å²) >= 11 is 1.47. The highest BCUT2D eigenvalue weighted by molar-refractivity contribution is 7.97. The average molecular weight is 418 g/mol. The molecule has 0 spiro atoms. The molecule has 0 amide bonds. The van der Waals surface area contributed by atoms with E-state index in [9.17, 15) is 13.2 Å². The lowest BCUT2D eigenvalue weighted by Gasteiger charge is -2.23. The van der Waals surface area contributed by atoms with Gasteiger partial charge in [-0.15, -0.1) is 0 Å². The molecule has 3 aromatic rings. The van der Waals surface area contributed by atoms with E-state index in [4.69, 9.17) is 0 Å². The Hall–Kier alpha value is -2.71. The predicted octanol–water partition coefficient (Wildman–Crippen LogP) is 5.74. The molecule has 0 atom stereocenters. The maximum Gasteiger partial charge on any atom is 0.416 e. The number of hydrogen-bond acceptors (Lipinski definition) is 4. The van der Waals surface area contributed by atoms with E-state index >= 15 is 0 Å². The number of hydrogen-bond donors (Lipinski definition) is 1. The molecule has 4 nitrogen and oxygen atoms in total. The third kappa shape index (κ3) is 4.49. The summed E-state index contributed by atoms with van der Waals surface area (Å²) in [4.78, 5) is 2.85. The van der Waals surface area contributed by atoms with Crippen LogP contribution in [0.5, 0.6) is 0 Å². The molecule has 0 unspecified atom stereocenters. The number of anilines is 2. The summed E-state index contributed by atoms with van der Waals surface area (Å²) in [5.74, 6) is 0. The van der Waals surface area contributed by atoms with Gasteiger partial charge in [-0.2, -0.15) is 18.3 Å². The summed E-state index contributed by atoms with van der Waals surface area (Å²) in [6, 6.07) is 11.0. The maximum absolute atomic E-state index is 12.9. The molecule has 1 heterocycles. The molecule has 29 heavy (non-hydrogen) atoms. The Morgan fingerprint density at radius 1 is 1.17 bits per heavy atom. The second-order valence-corrected chi connectivity index (χ2v) is 7.48.